The van der Waals surface area contributed by atoms with Crippen LogP contribution in [0.15, 0.2) is 17.2 Å². The molecule has 0 spiro atoms. The van der Waals surface area contributed by atoms with Crippen LogP contribution in [0.5, 0.6) is 0 Å². The highest BCUT2D eigenvalue weighted by molar-refractivity contribution is 7.80. The third-order valence-electron chi connectivity index (χ3n) is 0.854. The summed E-state index contributed by atoms with van der Waals surface area (Å²) in [6.07, 6.45) is 0. The van der Waals surface area contributed by atoms with Crippen LogP contribution < -0.4 is 11.5 Å². The van der Waals surface area contributed by atoms with Gasteiger partial charge in [-0.05, 0) is 6.07 Å². The molecule has 3 nitrogen and oxygen atoms in total. The van der Waals surface area contributed by atoms with Gasteiger partial charge in [-0.2, -0.15) is 0 Å². The predicted octanol–water partition coefficient (Wildman–Crippen LogP) is 0.535. The number of anilines is 2. The molecule has 1 aromatic rings. The third kappa shape index (κ3) is 1.50. The Balaban J connectivity index is 3.17. The van der Waals surface area contributed by atoms with E-state index in [2.05, 4.69) is 17.6 Å². The SMILES string of the molecule is Nc1cc(N)nc(S)c1. The maximum atomic E-state index is 5.39. The summed E-state index contributed by atoms with van der Waals surface area (Å²) in [6, 6.07) is 3.22. The Morgan fingerprint density at radius 1 is 1.33 bits per heavy atom. The van der Waals surface area contributed by atoms with Gasteiger partial charge in [0.15, 0.2) is 0 Å². The van der Waals surface area contributed by atoms with Crippen molar-refractivity contribution < 1.29 is 0 Å². The van der Waals surface area contributed by atoms with Crippen LogP contribution in [0.1, 0.15) is 0 Å². The van der Waals surface area contributed by atoms with Gasteiger partial charge in [0.25, 0.3) is 0 Å². The quantitative estimate of drug-likeness (QED) is 0.462. The van der Waals surface area contributed by atoms with Crippen LogP contribution in [0.3, 0.4) is 0 Å². The number of hydrogen-bond donors (Lipinski definition) is 3. The van der Waals surface area contributed by atoms with Gasteiger partial charge >= 0.3 is 0 Å². The zero-order valence-electron chi connectivity index (χ0n) is 4.70. The summed E-state index contributed by atoms with van der Waals surface area (Å²) in [5, 5.41) is 0.549. The standard InChI is InChI=1S/C5H7N3S/c6-3-1-4(7)8-5(9)2-3/h1-2H,(H5,6,7,8,9). The van der Waals surface area contributed by atoms with Gasteiger partial charge in [0, 0.05) is 11.8 Å². The van der Waals surface area contributed by atoms with Crippen LogP contribution in [-0.4, -0.2) is 4.98 Å². The lowest BCUT2D eigenvalue weighted by Crippen LogP contribution is -1.93. The Hall–Kier alpha value is -0.900. The molecule has 0 radical (unpaired) electrons. The van der Waals surface area contributed by atoms with Crippen molar-refractivity contribution in [3.05, 3.63) is 12.1 Å². The average molecular weight is 141 g/mol. The largest absolute Gasteiger partial charge is 0.399 e. The van der Waals surface area contributed by atoms with E-state index in [4.69, 9.17) is 11.5 Å². The van der Waals surface area contributed by atoms with E-state index in [-0.39, 0.29) is 0 Å². The summed E-state index contributed by atoms with van der Waals surface area (Å²) < 4.78 is 0. The number of hydrogen-bond acceptors (Lipinski definition) is 4. The Morgan fingerprint density at radius 3 is 2.44 bits per heavy atom. The van der Waals surface area contributed by atoms with Crippen molar-refractivity contribution in [2.75, 3.05) is 11.5 Å². The molecule has 0 fully saturated rings. The first-order chi connectivity index (χ1) is 4.18. The minimum Gasteiger partial charge on any atom is -0.399 e. The monoisotopic (exact) mass is 141 g/mol. The molecule has 0 aromatic carbocycles. The molecule has 4 heteroatoms. The molecular weight excluding hydrogens is 134 g/mol. The number of nitrogens with two attached hydrogens (primary N) is 2. The van der Waals surface area contributed by atoms with E-state index < -0.39 is 0 Å². The summed E-state index contributed by atoms with van der Waals surface area (Å²) in [4.78, 5) is 3.80. The molecule has 0 atom stereocenters. The lowest BCUT2D eigenvalue weighted by Gasteiger charge is -1.95. The van der Waals surface area contributed by atoms with Crippen molar-refractivity contribution in [3.8, 4) is 0 Å². The topological polar surface area (TPSA) is 64.9 Å². The number of nitrogens with zero attached hydrogens (tertiary/aromatic N) is 1. The zero-order chi connectivity index (χ0) is 6.85. The molecule has 0 aliphatic rings. The van der Waals surface area contributed by atoms with E-state index in [1.54, 1.807) is 12.1 Å². The summed E-state index contributed by atoms with van der Waals surface area (Å²) >= 11 is 3.95. The minimum atomic E-state index is 0.403. The molecule has 9 heavy (non-hydrogen) atoms. The van der Waals surface area contributed by atoms with Crippen LogP contribution in [-0.2, 0) is 0 Å². The highest BCUT2D eigenvalue weighted by atomic mass is 32.1. The molecular formula is C5H7N3S. The number of rotatable bonds is 0. The number of thiol groups is 1. The van der Waals surface area contributed by atoms with Crippen molar-refractivity contribution in [1.29, 1.82) is 0 Å². The molecule has 48 valence electrons. The Morgan fingerprint density at radius 2 is 2.00 bits per heavy atom. The first-order valence-corrected chi connectivity index (χ1v) is 2.85. The van der Waals surface area contributed by atoms with E-state index in [0.29, 0.717) is 16.5 Å². The van der Waals surface area contributed by atoms with Crippen molar-refractivity contribution in [2.45, 2.75) is 5.03 Å². The zero-order valence-corrected chi connectivity index (χ0v) is 5.60. The average Bonchev–Trinajstić information content (AvgIpc) is 1.59. The highest BCUT2D eigenvalue weighted by Gasteiger charge is 1.90. The Kier molecular flexibility index (Phi) is 1.48. The molecule has 0 amide bonds. The molecule has 0 bridgehead atoms. The molecule has 1 rings (SSSR count). The second-order valence-electron chi connectivity index (χ2n) is 1.68. The van der Waals surface area contributed by atoms with Gasteiger partial charge in [0.05, 0.1) is 5.03 Å². The van der Waals surface area contributed by atoms with E-state index in [0.717, 1.165) is 0 Å². The number of nitrogen functional groups attached to an aromatic ring is 2. The number of pyridine rings is 1. The molecule has 0 saturated heterocycles. The summed E-state index contributed by atoms with van der Waals surface area (Å²) in [6.45, 7) is 0. The van der Waals surface area contributed by atoms with Gasteiger partial charge in [-0.15, -0.1) is 12.6 Å². The lowest BCUT2D eigenvalue weighted by molar-refractivity contribution is 1.16. The fourth-order valence-electron chi connectivity index (χ4n) is 0.558. The Labute approximate surface area is 58.5 Å². The van der Waals surface area contributed by atoms with Gasteiger partial charge in [0.2, 0.25) is 0 Å². The highest BCUT2D eigenvalue weighted by Crippen LogP contribution is 2.10. The summed E-state index contributed by atoms with van der Waals surface area (Å²) in [5.41, 5.74) is 11.3. The second kappa shape index (κ2) is 2.14. The third-order valence-corrected chi connectivity index (χ3v) is 1.08. The van der Waals surface area contributed by atoms with Crippen LogP contribution in [0.2, 0.25) is 0 Å². The van der Waals surface area contributed by atoms with Crippen LogP contribution in [0.25, 0.3) is 0 Å². The lowest BCUT2D eigenvalue weighted by atomic mass is 10.4. The van der Waals surface area contributed by atoms with E-state index in [1.807, 2.05) is 0 Å². The number of aromatic nitrogens is 1. The van der Waals surface area contributed by atoms with E-state index >= 15 is 0 Å². The molecule has 0 unspecified atom stereocenters. The second-order valence-corrected chi connectivity index (χ2v) is 2.14. The van der Waals surface area contributed by atoms with Gasteiger partial charge in [-0.3, -0.25) is 0 Å². The molecule has 0 saturated carbocycles. The summed E-state index contributed by atoms with van der Waals surface area (Å²) in [5.74, 6) is 0.403. The fourth-order valence-corrected chi connectivity index (χ4v) is 0.823. The summed E-state index contributed by atoms with van der Waals surface area (Å²) in [7, 11) is 0. The van der Waals surface area contributed by atoms with Crippen LogP contribution in [0.4, 0.5) is 11.5 Å². The van der Waals surface area contributed by atoms with Crippen molar-refractivity contribution >= 4 is 24.1 Å². The molecule has 1 heterocycles. The van der Waals surface area contributed by atoms with Gasteiger partial charge < -0.3 is 11.5 Å². The first kappa shape index (κ1) is 6.22. The normalized spacial score (nSPS) is 9.44. The van der Waals surface area contributed by atoms with Gasteiger partial charge in [0.1, 0.15) is 5.82 Å². The van der Waals surface area contributed by atoms with Gasteiger partial charge in [-0.1, -0.05) is 0 Å². The van der Waals surface area contributed by atoms with Crippen molar-refractivity contribution in [1.82, 2.24) is 4.98 Å². The van der Waals surface area contributed by atoms with E-state index in [1.165, 1.54) is 0 Å². The van der Waals surface area contributed by atoms with Gasteiger partial charge in [-0.25, -0.2) is 4.98 Å². The molecule has 0 aliphatic carbocycles. The molecule has 0 aliphatic heterocycles. The maximum Gasteiger partial charge on any atom is 0.126 e. The van der Waals surface area contributed by atoms with Crippen molar-refractivity contribution in [3.63, 3.8) is 0 Å². The maximum absolute atomic E-state index is 5.39. The minimum absolute atomic E-state index is 0.403. The Bertz CT molecular complexity index is 173. The first-order valence-electron chi connectivity index (χ1n) is 2.40. The molecule has 1 aromatic heterocycles. The smallest absolute Gasteiger partial charge is 0.126 e. The van der Waals surface area contributed by atoms with Crippen LogP contribution in [0, 0.1) is 0 Å². The van der Waals surface area contributed by atoms with Crippen LogP contribution >= 0.6 is 12.6 Å². The predicted molar refractivity (Wildman–Crippen MR) is 40.3 cm³/mol. The van der Waals surface area contributed by atoms with E-state index in [9.17, 15) is 0 Å². The fraction of sp³-hybridized carbons (Fsp3) is 0. The van der Waals surface area contributed by atoms with Crippen molar-refractivity contribution in [2.24, 2.45) is 0 Å². The molecule has 4 N–H and O–H groups in total.